The van der Waals surface area contributed by atoms with Crippen LogP contribution in [0.25, 0.3) is 0 Å². The summed E-state index contributed by atoms with van der Waals surface area (Å²) >= 11 is 2.33. The number of sulfonamides is 1. The fraction of sp³-hybridized carbons (Fsp3) is 0.273. The van der Waals surface area contributed by atoms with E-state index in [0.717, 1.165) is 28.7 Å². The predicted molar refractivity (Wildman–Crippen MR) is 76.8 cm³/mol. The fourth-order valence-corrected chi connectivity index (χ4v) is 4.40. The van der Waals surface area contributed by atoms with Gasteiger partial charge in [0.25, 0.3) is 0 Å². The van der Waals surface area contributed by atoms with E-state index in [1.165, 1.54) is 16.7 Å². The van der Waals surface area contributed by atoms with Crippen molar-refractivity contribution >= 4 is 38.7 Å². The van der Waals surface area contributed by atoms with E-state index in [2.05, 4.69) is 9.71 Å². The van der Waals surface area contributed by atoms with Crippen molar-refractivity contribution in [1.82, 2.24) is 9.71 Å². The molecule has 2 heterocycles. The molecule has 0 aliphatic rings. The van der Waals surface area contributed by atoms with Gasteiger partial charge in [0.1, 0.15) is 9.88 Å². The third-order valence-corrected chi connectivity index (χ3v) is 6.05. The van der Waals surface area contributed by atoms with Gasteiger partial charge >= 0.3 is 5.97 Å². The lowest BCUT2D eigenvalue weighted by atomic mass is 10.4. The third-order valence-electron chi connectivity index (χ3n) is 2.46. The van der Waals surface area contributed by atoms with E-state index in [1.807, 2.05) is 6.92 Å². The molecule has 20 heavy (non-hydrogen) atoms. The zero-order valence-electron chi connectivity index (χ0n) is 10.5. The van der Waals surface area contributed by atoms with Gasteiger partial charge in [0, 0.05) is 16.5 Å². The maximum atomic E-state index is 12.0. The molecule has 6 nitrogen and oxygen atoms in total. The summed E-state index contributed by atoms with van der Waals surface area (Å²) in [6.45, 7) is 2.10. The number of hydrogen-bond donors (Lipinski definition) is 2. The van der Waals surface area contributed by atoms with Gasteiger partial charge in [0.05, 0.1) is 11.4 Å². The van der Waals surface area contributed by atoms with Crippen LogP contribution in [0.15, 0.2) is 22.5 Å². The number of thiophene rings is 1. The van der Waals surface area contributed by atoms with Crippen LogP contribution < -0.4 is 4.72 Å². The summed E-state index contributed by atoms with van der Waals surface area (Å²) in [5, 5.41) is 10.8. The smallest absolute Gasteiger partial charge is 0.345 e. The Balaban J connectivity index is 2.08. The number of aryl methyl sites for hydroxylation is 1. The van der Waals surface area contributed by atoms with Crippen LogP contribution in [-0.2, 0) is 23.0 Å². The van der Waals surface area contributed by atoms with Gasteiger partial charge in [-0.05, 0) is 12.5 Å². The van der Waals surface area contributed by atoms with Crippen LogP contribution in [0.4, 0.5) is 0 Å². The largest absolute Gasteiger partial charge is 0.477 e. The first-order chi connectivity index (χ1) is 9.42. The van der Waals surface area contributed by atoms with Gasteiger partial charge in [-0.2, -0.15) is 0 Å². The average molecular weight is 332 g/mol. The van der Waals surface area contributed by atoms with Gasteiger partial charge in [-0.1, -0.05) is 6.92 Å². The molecular weight excluding hydrogens is 320 g/mol. The number of carboxylic acids is 1. The lowest BCUT2D eigenvalue weighted by Gasteiger charge is -2.02. The molecule has 2 rings (SSSR count). The highest BCUT2D eigenvalue weighted by molar-refractivity contribution is 7.89. The van der Waals surface area contributed by atoms with Crippen molar-refractivity contribution < 1.29 is 18.3 Å². The molecule has 2 aromatic rings. The summed E-state index contributed by atoms with van der Waals surface area (Å²) in [4.78, 5) is 15.9. The van der Waals surface area contributed by atoms with Crippen molar-refractivity contribution in [1.29, 1.82) is 0 Å². The van der Waals surface area contributed by atoms with Gasteiger partial charge in [-0.3, -0.25) is 0 Å². The molecule has 0 radical (unpaired) electrons. The number of nitrogens with one attached hydrogen (secondary N) is 1. The molecule has 9 heteroatoms. The second kappa shape index (κ2) is 6.00. The Bertz CT molecular complexity index is 718. The van der Waals surface area contributed by atoms with E-state index in [1.54, 1.807) is 6.20 Å². The molecule has 0 unspecified atom stereocenters. The van der Waals surface area contributed by atoms with E-state index in [-0.39, 0.29) is 16.3 Å². The standard InChI is InChI=1S/C11H12N2O4S3/c1-2-7-4-12-10(19-7)5-13-20(16,17)8-3-9(11(14)15)18-6-8/h3-4,6,13H,2,5H2,1H3,(H,14,15). The van der Waals surface area contributed by atoms with Crippen molar-refractivity contribution in [3.05, 3.63) is 32.4 Å². The molecule has 0 saturated carbocycles. The van der Waals surface area contributed by atoms with Gasteiger partial charge < -0.3 is 5.11 Å². The number of aromatic nitrogens is 1. The molecule has 0 aromatic carbocycles. The summed E-state index contributed by atoms with van der Waals surface area (Å²) < 4.78 is 26.4. The Hall–Kier alpha value is -1.29. The average Bonchev–Trinajstić information content (AvgIpc) is 3.05. The second-order valence-corrected chi connectivity index (χ2v) is 7.73. The molecule has 108 valence electrons. The minimum Gasteiger partial charge on any atom is -0.477 e. The number of hydrogen-bond acceptors (Lipinski definition) is 6. The highest BCUT2D eigenvalue weighted by atomic mass is 32.2. The lowest BCUT2D eigenvalue weighted by molar-refractivity contribution is 0.0702. The Morgan fingerprint density at radius 1 is 1.50 bits per heavy atom. The number of rotatable bonds is 6. The fourth-order valence-electron chi connectivity index (χ4n) is 1.41. The summed E-state index contributed by atoms with van der Waals surface area (Å²) in [7, 11) is -3.70. The summed E-state index contributed by atoms with van der Waals surface area (Å²) in [5.74, 6) is -1.14. The van der Waals surface area contributed by atoms with Gasteiger partial charge in [0.2, 0.25) is 10.0 Å². The molecule has 0 atom stereocenters. The van der Waals surface area contributed by atoms with Gasteiger partial charge in [0.15, 0.2) is 0 Å². The van der Waals surface area contributed by atoms with E-state index < -0.39 is 16.0 Å². The first-order valence-electron chi connectivity index (χ1n) is 5.67. The van der Waals surface area contributed by atoms with Gasteiger partial charge in [-0.25, -0.2) is 22.9 Å². The van der Waals surface area contributed by atoms with Crippen LogP contribution in [-0.4, -0.2) is 24.5 Å². The zero-order chi connectivity index (χ0) is 14.8. The van der Waals surface area contributed by atoms with E-state index >= 15 is 0 Å². The number of aromatic carboxylic acids is 1. The Kier molecular flexibility index (Phi) is 4.53. The highest BCUT2D eigenvalue weighted by Crippen LogP contribution is 2.20. The predicted octanol–water partition coefficient (Wildman–Crippen LogP) is 1.94. The first kappa shape index (κ1) is 15.1. The summed E-state index contributed by atoms with van der Waals surface area (Å²) in [5.41, 5.74) is 0. The van der Waals surface area contributed by atoms with E-state index in [4.69, 9.17) is 5.11 Å². The second-order valence-electron chi connectivity index (χ2n) is 3.85. The summed E-state index contributed by atoms with van der Waals surface area (Å²) in [6, 6.07) is 1.15. The van der Waals surface area contributed by atoms with Crippen LogP contribution in [0.3, 0.4) is 0 Å². The minimum absolute atomic E-state index is 0.00658. The SMILES string of the molecule is CCc1cnc(CNS(=O)(=O)c2csc(C(=O)O)c2)s1. The molecular formula is C11H12N2O4S3. The molecule has 0 saturated heterocycles. The Morgan fingerprint density at radius 3 is 2.80 bits per heavy atom. The normalized spacial score (nSPS) is 11.7. The lowest BCUT2D eigenvalue weighted by Crippen LogP contribution is -2.22. The molecule has 0 fully saturated rings. The van der Waals surface area contributed by atoms with Crippen LogP contribution in [0.1, 0.15) is 26.5 Å². The minimum atomic E-state index is -3.70. The molecule has 0 amide bonds. The topological polar surface area (TPSA) is 96.4 Å². The van der Waals surface area contributed by atoms with Crippen LogP contribution >= 0.6 is 22.7 Å². The van der Waals surface area contributed by atoms with E-state index in [9.17, 15) is 13.2 Å². The Labute approximate surface area is 124 Å². The third kappa shape index (κ3) is 3.42. The highest BCUT2D eigenvalue weighted by Gasteiger charge is 2.18. The molecule has 0 aliphatic carbocycles. The van der Waals surface area contributed by atoms with Crippen LogP contribution in [0.2, 0.25) is 0 Å². The number of carboxylic acid groups (broad SMARTS) is 1. The van der Waals surface area contributed by atoms with Gasteiger partial charge in [-0.15, -0.1) is 22.7 Å². The molecule has 0 spiro atoms. The van der Waals surface area contributed by atoms with E-state index in [0.29, 0.717) is 5.01 Å². The molecule has 0 aliphatic heterocycles. The maximum absolute atomic E-state index is 12.0. The molecule has 2 N–H and O–H groups in total. The van der Waals surface area contributed by atoms with Crippen molar-refractivity contribution in [2.45, 2.75) is 24.8 Å². The molecule has 0 bridgehead atoms. The zero-order valence-corrected chi connectivity index (χ0v) is 12.9. The monoisotopic (exact) mass is 332 g/mol. The quantitative estimate of drug-likeness (QED) is 0.843. The maximum Gasteiger partial charge on any atom is 0.345 e. The van der Waals surface area contributed by atoms with Crippen LogP contribution in [0, 0.1) is 0 Å². The number of carbonyl (C=O) groups is 1. The van der Waals surface area contributed by atoms with Crippen molar-refractivity contribution in [2.24, 2.45) is 0 Å². The molecule has 2 aromatic heterocycles. The summed E-state index contributed by atoms with van der Waals surface area (Å²) in [6.07, 6.45) is 2.58. The number of nitrogens with zero attached hydrogens (tertiary/aromatic N) is 1. The van der Waals surface area contributed by atoms with Crippen molar-refractivity contribution in [3.63, 3.8) is 0 Å². The van der Waals surface area contributed by atoms with Crippen molar-refractivity contribution in [3.8, 4) is 0 Å². The van der Waals surface area contributed by atoms with Crippen molar-refractivity contribution in [2.75, 3.05) is 0 Å². The Morgan fingerprint density at radius 2 is 2.25 bits per heavy atom. The first-order valence-corrected chi connectivity index (χ1v) is 8.85. The number of thiazole rings is 1. The van der Waals surface area contributed by atoms with Crippen LogP contribution in [0.5, 0.6) is 0 Å².